The molecule has 0 aromatic carbocycles. The second-order valence-corrected chi connectivity index (χ2v) is 6.41. The van der Waals surface area contributed by atoms with Gasteiger partial charge in [-0.2, -0.15) is 0 Å². The lowest BCUT2D eigenvalue weighted by Crippen LogP contribution is -2.45. The molecule has 1 heterocycles. The highest BCUT2D eigenvalue weighted by Gasteiger charge is 2.30. The van der Waals surface area contributed by atoms with Crippen LogP contribution in [0, 0.1) is 0 Å². The molecule has 0 aromatic rings. The Hall–Kier alpha value is -1.43. The summed E-state index contributed by atoms with van der Waals surface area (Å²) in [6.45, 7) is 11.1. The molecule has 20 heavy (non-hydrogen) atoms. The molecule has 5 nitrogen and oxygen atoms in total. The van der Waals surface area contributed by atoms with Crippen LogP contribution < -0.4 is 5.32 Å². The van der Waals surface area contributed by atoms with Crippen molar-refractivity contribution in [3.63, 3.8) is 0 Å². The Morgan fingerprint density at radius 3 is 2.60 bits per heavy atom. The second-order valence-electron chi connectivity index (χ2n) is 5.36. The Morgan fingerprint density at radius 1 is 1.50 bits per heavy atom. The van der Waals surface area contributed by atoms with Crippen LogP contribution in [0.15, 0.2) is 22.5 Å². The summed E-state index contributed by atoms with van der Waals surface area (Å²) in [4.78, 5) is 24.7. The third-order valence-corrected chi connectivity index (χ3v) is 3.23. The number of carbonyl (C=O) groups is 2. The summed E-state index contributed by atoms with van der Waals surface area (Å²) in [5.41, 5.74) is 0.149. The van der Waals surface area contributed by atoms with Gasteiger partial charge in [-0.25, -0.2) is 9.59 Å². The number of ether oxygens (including phenoxy) is 2. The maximum Gasteiger partial charge on any atom is 0.408 e. The molecule has 1 rings (SSSR count). The van der Waals surface area contributed by atoms with Crippen molar-refractivity contribution in [1.29, 1.82) is 0 Å². The van der Waals surface area contributed by atoms with Gasteiger partial charge in [0.25, 0.3) is 0 Å². The highest BCUT2D eigenvalue weighted by molar-refractivity contribution is 8.06. The van der Waals surface area contributed by atoms with Crippen LogP contribution in [0.1, 0.15) is 34.1 Å². The van der Waals surface area contributed by atoms with Crippen LogP contribution in [0.4, 0.5) is 4.79 Å². The Labute approximate surface area is 123 Å². The Bertz CT molecular complexity index is 437. The third kappa shape index (κ3) is 5.28. The summed E-state index contributed by atoms with van der Waals surface area (Å²) in [6.07, 6.45) is -0.0804. The largest absolute Gasteiger partial charge is 0.464 e. The smallest absolute Gasteiger partial charge is 0.408 e. The minimum absolute atomic E-state index is 0.257. The first kappa shape index (κ1) is 16.6. The number of hydrogen-bond acceptors (Lipinski definition) is 5. The fourth-order valence-corrected chi connectivity index (χ4v) is 2.38. The van der Waals surface area contributed by atoms with E-state index in [2.05, 4.69) is 11.9 Å². The summed E-state index contributed by atoms with van der Waals surface area (Å²) < 4.78 is 10.2. The van der Waals surface area contributed by atoms with Crippen molar-refractivity contribution < 1.29 is 19.1 Å². The molecule has 0 radical (unpaired) electrons. The Balaban J connectivity index is 2.76. The lowest BCUT2D eigenvalue weighted by Gasteiger charge is -2.23. The van der Waals surface area contributed by atoms with Crippen LogP contribution >= 0.6 is 11.8 Å². The standard InChI is InChI=1S/C14H21NO4S/c1-6-18-12(16)11(10-7-9(2)20-8-10)15-13(17)19-14(3,4)5/h8,11H,2,6-7H2,1,3-5H3,(H,15,17). The van der Waals surface area contributed by atoms with Gasteiger partial charge in [0.05, 0.1) is 6.61 Å². The molecule has 1 atom stereocenters. The van der Waals surface area contributed by atoms with E-state index < -0.39 is 23.7 Å². The molecule has 112 valence electrons. The van der Waals surface area contributed by atoms with Crippen molar-refractivity contribution in [2.24, 2.45) is 0 Å². The summed E-state index contributed by atoms with van der Waals surface area (Å²) in [5, 5.41) is 4.38. The van der Waals surface area contributed by atoms with Crippen LogP contribution in [0.2, 0.25) is 0 Å². The number of carbonyl (C=O) groups excluding carboxylic acids is 2. The normalized spacial score (nSPS) is 16.4. The summed E-state index contributed by atoms with van der Waals surface area (Å²) in [6, 6.07) is -0.823. The quantitative estimate of drug-likeness (QED) is 0.808. The van der Waals surface area contributed by atoms with Gasteiger partial charge < -0.3 is 14.8 Å². The molecule has 0 fully saturated rings. The molecule has 0 spiro atoms. The monoisotopic (exact) mass is 299 g/mol. The molecule has 0 saturated heterocycles. The predicted octanol–water partition coefficient (Wildman–Crippen LogP) is 2.98. The maximum atomic E-state index is 12.0. The van der Waals surface area contributed by atoms with Crippen LogP contribution in [0.3, 0.4) is 0 Å². The van der Waals surface area contributed by atoms with Crippen LogP contribution in [0.25, 0.3) is 0 Å². The van der Waals surface area contributed by atoms with E-state index >= 15 is 0 Å². The molecule has 1 aliphatic heterocycles. The van der Waals surface area contributed by atoms with Gasteiger partial charge in [-0.1, -0.05) is 6.58 Å². The predicted molar refractivity (Wildman–Crippen MR) is 79.2 cm³/mol. The molecule has 0 bridgehead atoms. The molecule has 1 unspecified atom stereocenters. The van der Waals surface area contributed by atoms with Crippen LogP contribution in [-0.2, 0) is 14.3 Å². The van der Waals surface area contributed by atoms with Gasteiger partial charge in [0.1, 0.15) is 5.60 Å². The van der Waals surface area contributed by atoms with E-state index in [0.717, 1.165) is 10.5 Å². The first-order valence-electron chi connectivity index (χ1n) is 6.42. The number of rotatable bonds is 4. The zero-order chi connectivity index (χ0) is 15.3. The van der Waals surface area contributed by atoms with E-state index in [4.69, 9.17) is 9.47 Å². The first-order chi connectivity index (χ1) is 9.23. The van der Waals surface area contributed by atoms with E-state index in [-0.39, 0.29) is 6.61 Å². The molecule has 6 heteroatoms. The molecule has 0 saturated carbocycles. The van der Waals surface area contributed by atoms with Crippen LogP contribution in [-0.4, -0.2) is 30.3 Å². The van der Waals surface area contributed by atoms with E-state index in [1.807, 2.05) is 5.41 Å². The van der Waals surface area contributed by atoms with Gasteiger partial charge in [-0.05, 0) is 43.6 Å². The topological polar surface area (TPSA) is 64.6 Å². The number of nitrogens with one attached hydrogen (secondary N) is 1. The zero-order valence-corrected chi connectivity index (χ0v) is 13.1. The second kappa shape index (κ2) is 6.83. The van der Waals surface area contributed by atoms with Gasteiger partial charge in [0, 0.05) is 6.42 Å². The van der Waals surface area contributed by atoms with Gasteiger partial charge in [0.15, 0.2) is 6.04 Å². The molecule has 1 aliphatic rings. The maximum absolute atomic E-state index is 12.0. The third-order valence-electron chi connectivity index (χ3n) is 2.33. The molecule has 1 N–H and O–H groups in total. The van der Waals surface area contributed by atoms with Crippen molar-refractivity contribution in [3.05, 3.63) is 22.5 Å². The number of amides is 1. The summed E-state index contributed by atoms with van der Waals surface area (Å²) in [7, 11) is 0. The van der Waals surface area contributed by atoms with Crippen molar-refractivity contribution in [2.45, 2.75) is 45.8 Å². The molecule has 0 aliphatic carbocycles. The fourth-order valence-electron chi connectivity index (χ4n) is 1.59. The lowest BCUT2D eigenvalue weighted by atomic mass is 10.1. The Kier molecular flexibility index (Phi) is 5.68. The number of allylic oxidation sites excluding steroid dienone is 1. The van der Waals surface area contributed by atoms with Gasteiger partial charge in [0.2, 0.25) is 0 Å². The number of hydrogen-bond donors (Lipinski definition) is 1. The van der Waals surface area contributed by atoms with E-state index in [1.165, 1.54) is 11.8 Å². The SMILES string of the molecule is C=C1CC(C(NC(=O)OC(C)(C)C)C(=O)OCC)=CS1. The van der Waals surface area contributed by atoms with Gasteiger partial charge >= 0.3 is 12.1 Å². The summed E-state index contributed by atoms with van der Waals surface area (Å²) in [5.74, 6) is -0.486. The molecule has 0 aromatic heterocycles. The highest BCUT2D eigenvalue weighted by atomic mass is 32.2. The van der Waals surface area contributed by atoms with Crippen molar-refractivity contribution in [3.8, 4) is 0 Å². The molecular weight excluding hydrogens is 278 g/mol. The van der Waals surface area contributed by atoms with Crippen molar-refractivity contribution in [1.82, 2.24) is 5.32 Å². The number of esters is 1. The average Bonchev–Trinajstić information content (AvgIpc) is 2.70. The zero-order valence-electron chi connectivity index (χ0n) is 12.3. The minimum Gasteiger partial charge on any atom is -0.464 e. The Morgan fingerprint density at radius 2 is 2.15 bits per heavy atom. The first-order valence-corrected chi connectivity index (χ1v) is 7.30. The lowest BCUT2D eigenvalue weighted by molar-refractivity contribution is -0.144. The van der Waals surface area contributed by atoms with Crippen LogP contribution in [0.5, 0.6) is 0 Å². The fraction of sp³-hybridized carbons (Fsp3) is 0.571. The highest BCUT2D eigenvalue weighted by Crippen LogP contribution is 2.34. The van der Waals surface area contributed by atoms with E-state index in [0.29, 0.717) is 6.42 Å². The minimum atomic E-state index is -0.823. The molecular formula is C14H21NO4S. The van der Waals surface area contributed by atoms with E-state index in [1.54, 1.807) is 27.7 Å². The van der Waals surface area contributed by atoms with Gasteiger partial charge in [-0.15, -0.1) is 11.8 Å². The van der Waals surface area contributed by atoms with Crippen molar-refractivity contribution >= 4 is 23.8 Å². The van der Waals surface area contributed by atoms with E-state index in [9.17, 15) is 9.59 Å². The average molecular weight is 299 g/mol. The molecule has 1 amide bonds. The summed E-state index contributed by atoms with van der Waals surface area (Å²) >= 11 is 1.45. The van der Waals surface area contributed by atoms with Crippen molar-refractivity contribution in [2.75, 3.05) is 6.61 Å². The van der Waals surface area contributed by atoms with Gasteiger partial charge in [-0.3, -0.25) is 0 Å². The number of alkyl carbamates (subject to hydrolysis) is 1. The number of thioether (sulfide) groups is 1.